The average molecular weight is 704 g/mol. The molecule has 10 aromatic rings. The summed E-state index contributed by atoms with van der Waals surface area (Å²) in [7, 11) is 0. The van der Waals surface area contributed by atoms with Crippen molar-refractivity contribution < 1.29 is 4.42 Å². The fourth-order valence-corrected chi connectivity index (χ4v) is 9.09. The normalized spacial score (nSPS) is 13.1. The van der Waals surface area contributed by atoms with E-state index in [-0.39, 0.29) is 5.41 Å². The maximum Gasteiger partial charge on any atom is 0.143 e. The van der Waals surface area contributed by atoms with Crippen molar-refractivity contribution in [2.75, 3.05) is 4.90 Å². The molecule has 0 atom stereocenters. The monoisotopic (exact) mass is 703 g/mol. The molecule has 0 fully saturated rings. The highest BCUT2D eigenvalue weighted by Crippen LogP contribution is 2.51. The minimum atomic E-state index is -0.105. The zero-order valence-electron chi connectivity index (χ0n) is 30.8. The van der Waals surface area contributed by atoms with Crippen LogP contribution in [0.5, 0.6) is 0 Å². The standard InChI is InChI=1S/C53H37NO/c1-53(2)48-21-9-8-18-44(48)45-31-29-41(33-49(45)53)54(40-16-10-15-38(32-40)34-12-4-3-5-13-34)39-27-24-36(25-28-39)43-19-11-20-46-47-30-26-37-23-22-35-14-6-7-17-42(35)50(37)52(47)55-51(43)46/h3-33H,1-2H3. The van der Waals surface area contributed by atoms with Gasteiger partial charge < -0.3 is 9.32 Å². The molecule has 0 saturated heterocycles. The summed E-state index contributed by atoms with van der Waals surface area (Å²) in [5.41, 5.74) is 15.1. The van der Waals surface area contributed by atoms with E-state index in [9.17, 15) is 0 Å². The third-order valence-corrected chi connectivity index (χ3v) is 11.8. The van der Waals surface area contributed by atoms with E-state index < -0.39 is 0 Å². The molecule has 1 aliphatic rings. The van der Waals surface area contributed by atoms with Gasteiger partial charge in [-0.05, 0) is 97.6 Å². The van der Waals surface area contributed by atoms with Crippen LogP contribution in [0.25, 0.3) is 76.9 Å². The molecule has 0 radical (unpaired) electrons. The summed E-state index contributed by atoms with van der Waals surface area (Å²) < 4.78 is 6.91. The van der Waals surface area contributed by atoms with Gasteiger partial charge in [-0.25, -0.2) is 0 Å². The van der Waals surface area contributed by atoms with Gasteiger partial charge in [-0.15, -0.1) is 0 Å². The molecule has 0 amide bonds. The molecule has 0 spiro atoms. The lowest BCUT2D eigenvalue weighted by Crippen LogP contribution is -2.16. The quantitative estimate of drug-likeness (QED) is 0.166. The molecule has 2 heteroatoms. The lowest BCUT2D eigenvalue weighted by Gasteiger charge is -2.28. The van der Waals surface area contributed by atoms with Crippen LogP contribution in [-0.4, -0.2) is 0 Å². The van der Waals surface area contributed by atoms with Crippen LogP contribution in [0.15, 0.2) is 192 Å². The van der Waals surface area contributed by atoms with E-state index in [1.54, 1.807) is 0 Å². The van der Waals surface area contributed by atoms with E-state index in [4.69, 9.17) is 4.42 Å². The molecular formula is C53H37NO. The van der Waals surface area contributed by atoms with Gasteiger partial charge in [-0.1, -0.05) is 159 Å². The highest BCUT2D eigenvalue weighted by Gasteiger charge is 2.35. The van der Waals surface area contributed by atoms with Gasteiger partial charge in [0.25, 0.3) is 0 Å². The summed E-state index contributed by atoms with van der Waals surface area (Å²) in [5, 5.41) is 7.06. The smallest absolute Gasteiger partial charge is 0.143 e. The predicted molar refractivity (Wildman–Crippen MR) is 232 cm³/mol. The first kappa shape index (κ1) is 31.6. The van der Waals surface area contributed by atoms with E-state index in [2.05, 4.69) is 207 Å². The Hall–Kier alpha value is -6.90. The molecule has 1 aromatic heterocycles. The van der Waals surface area contributed by atoms with E-state index in [1.807, 2.05) is 0 Å². The lowest BCUT2D eigenvalue weighted by atomic mass is 9.82. The van der Waals surface area contributed by atoms with Crippen LogP contribution >= 0.6 is 0 Å². The first-order chi connectivity index (χ1) is 27.0. The largest absolute Gasteiger partial charge is 0.455 e. The van der Waals surface area contributed by atoms with E-state index in [0.717, 1.165) is 50.1 Å². The lowest BCUT2D eigenvalue weighted by molar-refractivity contribution is 0.660. The number of hydrogen-bond acceptors (Lipinski definition) is 2. The van der Waals surface area contributed by atoms with Crippen LogP contribution in [0.4, 0.5) is 17.1 Å². The Morgan fingerprint density at radius 1 is 0.382 bits per heavy atom. The minimum absolute atomic E-state index is 0.105. The molecule has 2 nitrogen and oxygen atoms in total. The van der Waals surface area contributed by atoms with Crippen molar-refractivity contribution in [2.45, 2.75) is 19.3 Å². The predicted octanol–water partition coefficient (Wildman–Crippen LogP) is 15.0. The van der Waals surface area contributed by atoms with E-state index >= 15 is 0 Å². The maximum atomic E-state index is 6.91. The van der Waals surface area contributed by atoms with Crippen molar-refractivity contribution >= 4 is 60.5 Å². The second kappa shape index (κ2) is 12.1. The van der Waals surface area contributed by atoms with Gasteiger partial charge in [0.1, 0.15) is 11.2 Å². The van der Waals surface area contributed by atoms with E-state index in [1.165, 1.54) is 54.9 Å². The summed E-state index contributed by atoms with van der Waals surface area (Å²) in [6, 6.07) is 68.3. The molecule has 0 saturated carbocycles. The molecule has 0 unspecified atom stereocenters. The second-order valence-corrected chi connectivity index (χ2v) is 15.3. The van der Waals surface area contributed by atoms with Crippen LogP contribution < -0.4 is 4.90 Å². The number of furan rings is 1. The third-order valence-electron chi connectivity index (χ3n) is 11.8. The molecule has 9 aromatic carbocycles. The topological polar surface area (TPSA) is 16.4 Å². The maximum absolute atomic E-state index is 6.91. The van der Waals surface area contributed by atoms with Gasteiger partial charge in [0.2, 0.25) is 0 Å². The van der Waals surface area contributed by atoms with Crippen LogP contribution in [0, 0.1) is 0 Å². The Morgan fingerprint density at radius 2 is 1.02 bits per heavy atom. The number of hydrogen-bond donors (Lipinski definition) is 0. The number of fused-ring (bicyclic) bond motifs is 10. The van der Waals surface area contributed by atoms with Crippen LogP contribution in [0.3, 0.4) is 0 Å². The van der Waals surface area contributed by atoms with Crippen molar-refractivity contribution in [3.05, 3.63) is 199 Å². The number of benzene rings is 9. The zero-order chi connectivity index (χ0) is 36.7. The molecule has 0 N–H and O–H groups in total. The van der Waals surface area contributed by atoms with Crippen LogP contribution in [0.1, 0.15) is 25.0 Å². The molecule has 55 heavy (non-hydrogen) atoms. The summed E-state index contributed by atoms with van der Waals surface area (Å²) in [5.74, 6) is 0. The third kappa shape index (κ3) is 4.88. The first-order valence-electron chi connectivity index (χ1n) is 19.1. The van der Waals surface area contributed by atoms with Crippen molar-refractivity contribution in [1.82, 2.24) is 0 Å². The Bertz CT molecular complexity index is 3110. The summed E-state index contributed by atoms with van der Waals surface area (Å²) >= 11 is 0. The Balaban J connectivity index is 1.06. The SMILES string of the molecule is CC1(C)c2ccccc2-c2ccc(N(c3ccc(-c4cccc5c4oc4c5ccc5ccc6ccccc6c54)cc3)c3cccc(-c4ccccc4)c3)cc21. The summed E-state index contributed by atoms with van der Waals surface area (Å²) in [6.07, 6.45) is 0. The second-order valence-electron chi connectivity index (χ2n) is 15.3. The van der Waals surface area contributed by atoms with Crippen LogP contribution in [0.2, 0.25) is 0 Å². The Labute approximate surface area is 320 Å². The fourth-order valence-electron chi connectivity index (χ4n) is 9.09. The number of anilines is 3. The van der Waals surface area contributed by atoms with Gasteiger partial charge in [-0.2, -0.15) is 0 Å². The molecule has 0 bridgehead atoms. The summed E-state index contributed by atoms with van der Waals surface area (Å²) in [6.45, 7) is 4.70. The van der Waals surface area contributed by atoms with Gasteiger partial charge in [0.15, 0.2) is 0 Å². The molecule has 1 heterocycles. The number of rotatable bonds is 5. The van der Waals surface area contributed by atoms with Crippen molar-refractivity contribution in [1.29, 1.82) is 0 Å². The van der Waals surface area contributed by atoms with Crippen LogP contribution in [-0.2, 0) is 5.41 Å². The zero-order valence-corrected chi connectivity index (χ0v) is 30.8. The number of nitrogens with zero attached hydrogens (tertiary/aromatic N) is 1. The van der Waals surface area contributed by atoms with Gasteiger partial charge in [0, 0.05) is 44.2 Å². The molecular weight excluding hydrogens is 667 g/mol. The number of para-hydroxylation sites is 1. The first-order valence-corrected chi connectivity index (χ1v) is 19.1. The van der Waals surface area contributed by atoms with E-state index in [0.29, 0.717) is 0 Å². The van der Waals surface area contributed by atoms with Crippen molar-refractivity contribution in [3.63, 3.8) is 0 Å². The summed E-state index contributed by atoms with van der Waals surface area (Å²) in [4.78, 5) is 2.40. The molecule has 1 aliphatic carbocycles. The van der Waals surface area contributed by atoms with Crippen molar-refractivity contribution in [2.24, 2.45) is 0 Å². The van der Waals surface area contributed by atoms with Gasteiger partial charge in [0.05, 0.1) is 0 Å². The van der Waals surface area contributed by atoms with Gasteiger partial charge in [-0.3, -0.25) is 0 Å². The Morgan fingerprint density at radius 3 is 1.91 bits per heavy atom. The molecule has 260 valence electrons. The highest BCUT2D eigenvalue weighted by atomic mass is 16.3. The van der Waals surface area contributed by atoms with Crippen molar-refractivity contribution in [3.8, 4) is 33.4 Å². The minimum Gasteiger partial charge on any atom is -0.455 e. The Kier molecular flexibility index (Phi) is 6.93. The molecule has 0 aliphatic heterocycles. The highest BCUT2D eigenvalue weighted by molar-refractivity contribution is 6.24. The molecule has 11 rings (SSSR count). The fraction of sp³-hybridized carbons (Fsp3) is 0.0566. The van der Waals surface area contributed by atoms with Gasteiger partial charge >= 0.3 is 0 Å². The average Bonchev–Trinajstić information content (AvgIpc) is 3.73.